The van der Waals surface area contributed by atoms with Crippen LogP contribution in [0.25, 0.3) is 0 Å². The van der Waals surface area contributed by atoms with E-state index in [9.17, 15) is 9.90 Å². The van der Waals surface area contributed by atoms with Crippen molar-refractivity contribution in [2.75, 3.05) is 13.1 Å². The van der Waals surface area contributed by atoms with Crippen LogP contribution >= 0.6 is 0 Å². The SMILES string of the molecule is O=C([O-])[N+]12CC1/C=C/CCCCCCCCNN2. The van der Waals surface area contributed by atoms with Crippen LogP contribution in [-0.4, -0.2) is 29.8 Å². The molecule has 1 fully saturated rings. The van der Waals surface area contributed by atoms with Crippen LogP contribution in [0, 0.1) is 0 Å². The summed E-state index contributed by atoms with van der Waals surface area (Å²) in [5.41, 5.74) is 5.92. The van der Waals surface area contributed by atoms with Gasteiger partial charge in [-0.3, -0.25) is 0 Å². The molecule has 2 atom stereocenters. The first kappa shape index (κ1) is 13.5. The van der Waals surface area contributed by atoms with Crippen LogP contribution in [0.4, 0.5) is 4.79 Å². The van der Waals surface area contributed by atoms with E-state index in [1.165, 1.54) is 32.1 Å². The van der Waals surface area contributed by atoms with Gasteiger partial charge in [0.2, 0.25) is 0 Å². The number of amides is 1. The lowest BCUT2D eigenvalue weighted by atomic mass is 10.1. The number of fused-ring (bicyclic) bond motifs is 1. The molecule has 2 aliphatic rings. The molecule has 102 valence electrons. The fourth-order valence-corrected chi connectivity index (χ4v) is 2.47. The van der Waals surface area contributed by atoms with Gasteiger partial charge in [-0.1, -0.05) is 37.3 Å². The summed E-state index contributed by atoms with van der Waals surface area (Å²) >= 11 is 0. The number of nitrogens with zero attached hydrogens (tertiary/aromatic N) is 1. The van der Waals surface area contributed by atoms with E-state index >= 15 is 0 Å². The van der Waals surface area contributed by atoms with Crippen LogP contribution in [0.5, 0.6) is 0 Å². The summed E-state index contributed by atoms with van der Waals surface area (Å²) in [6.45, 7) is 1.38. The number of hydrogen-bond acceptors (Lipinski definition) is 4. The van der Waals surface area contributed by atoms with Crippen molar-refractivity contribution in [1.29, 1.82) is 0 Å². The summed E-state index contributed by atoms with van der Waals surface area (Å²) in [7, 11) is 0. The molecule has 0 bridgehead atoms. The van der Waals surface area contributed by atoms with E-state index in [-0.39, 0.29) is 10.6 Å². The second kappa shape index (κ2) is 6.31. The van der Waals surface area contributed by atoms with Crippen molar-refractivity contribution in [2.24, 2.45) is 0 Å². The van der Waals surface area contributed by atoms with Crippen molar-refractivity contribution >= 4 is 6.09 Å². The molecule has 18 heavy (non-hydrogen) atoms. The highest BCUT2D eigenvalue weighted by molar-refractivity contribution is 5.56. The second-order valence-corrected chi connectivity index (χ2v) is 5.26. The number of quaternary nitrogens is 1. The smallest absolute Gasteiger partial charge is 0.280 e. The van der Waals surface area contributed by atoms with Crippen molar-refractivity contribution in [1.82, 2.24) is 11.0 Å². The second-order valence-electron chi connectivity index (χ2n) is 5.26. The van der Waals surface area contributed by atoms with Crippen LogP contribution < -0.4 is 16.1 Å². The molecule has 0 aromatic carbocycles. The Balaban J connectivity index is 1.89. The van der Waals surface area contributed by atoms with Gasteiger partial charge >= 0.3 is 0 Å². The van der Waals surface area contributed by atoms with Crippen molar-refractivity contribution < 1.29 is 14.5 Å². The van der Waals surface area contributed by atoms with Crippen molar-refractivity contribution in [2.45, 2.75) is 51.0 Å². The lowest BCUT2D eigenvalue weighted by Crippen LogP contribution is -2.59. The van der Waals surface area contributed by atoms with Crippen LogP contribution in [0.15, 0.2) is 12.2 Å². The number of carbonyl (C=O) groups excluding carboxylic acids is 1. The van der Waals surface area contributed by atoms with Crippen molar-refractivity contribution in [3.63, 3.8) is 0 Å². The monoisotopic (exact) mass is 253 g/mol. The zero-order valence-corrected chi connectivity index (χ0v) is 10.9. The first-order valence-electron chi connectivity index (χ1n) is 7.02. The molecule has 2 aliphatic heterocycles. The fourth-order valence-electron chi connectivity index (χ4n) is 2.47. The molecular weight excluding hydrogens is 230 g/mol. The number of hydrogen-bond donors (Lipinski definition) is 2. The molecule has 0 spiro atoms. The molecule has 5 heteroatoms. The third-order valence-electron chi connectivity index (χ3n) is 3.79. The molecule has 0 aromatic rings. The van der Waals surface area contributed by atoms with Crippen LogP contribution in [0.3, 0.4) is 0 Å². The Hall–Kier alpha value is -0.910. The lowest BCUT2D eigenvalue weighted by Gasteiger charge is -2.20. The van der Waals surface area contributed by atoms with E-state index in [1.807, 2.05) is 6.08 Å². The van der Waals surface area contributed by atoms with Crippen LogP contribution in [0.2, 0.25) is 0 Å². The Kier molecular flexibility index (Phi) is 4.74. The molecule has 0 aromatic heterocycles. The van der Waals surface area contributed by atoms with Gasteiger partial charge in [0.15, 0.2) is 12.6 Å². The maximum atomic E-state index is 11.2. The number of nitrogens with one attached hydrogen (secondary N) is 2. The first-order valence-corrected chi connectivity index (χ1v) is 7.02. The molecule has 2 rings (SSSR count). The van der Waals surface area contributed by atoms with Gasteiger partial charge in [0.05, 0.1) is 0 Å². The first-order chi connectivity index (χ1) is 8.76. The fraction of sp³-hybridized carbons (Fsp3) is 0.769. The number of carboxylic acid groups (broad SMARTS) is 1. The van der Waals surface area contributed by atoms with Gasteiger partial charge in [-0.15, -0.1) is 0 Å². The zero-order valence-electron chi connectivity index (χ0n) is 10.9. The normalized spacial score (nSPS) is 36.1. The summed E-state index contributed by atoms with van der Waals surface area (Å²) < 4.78 is -0.170. The van der Waals surface area contributed by atoms with E-state index < -0.39 is 6.09 Å². The molecule has 0 radical (unpaired) electrons. The summed E-state index contributed by atoms with van der Waals surface area (Å²) in [4.78, 5) is 11.2. The predicted molar refractivity (Wildman–Crippen MR) is 66.9 cm³/mol. The van der Waals surface area contributed by atoms with Crippen LogP contribution in [-0.2, 0) is 0 Å². The average molecular weight is 253 g/mol. The highest BCUT2D eigenvalue weighted by Gasteiger charge is 2.57. The maximum absolute atomic E-state index is 11.2. The third-order valence-corrected chi connectivity index (χ3v) is 3.79. The number of hydrazine groups is 1. The Morgan fingerprint density at radius 1 is 1.17 bits per heavy atom. The average Bonchev–Trinajstić information content (AvgIpc) is 3.05. The van der Waals surface area contributed by atoms with Crippen molar-refractivity contribution in [3.8, 4) is 0 Å². The molecule has 1 saturated heterocycles. The zero-order chi connectivity index (χ0) is 12.8. The van der Waals surface area contributed by atoms with Gasteiger partial charge in [0.25, 0.3) is 6.09 Å². The molecule has 2 unspecified atom stereocenters. The number of carbonyl (C=O) groups is 1. The summed E-state index contributed by atoms with van der Waals surface area (Å²) in [5.74, 6) is 0. The molecule has 2 N–H and O–H groups in total. The Bertz CT molecular complexity index is 319. The minimum absolute atomic E-state index is 0.0189. The number of rotatable bonds is 0. The van der Waals surface area contributed by atoms with Crippen LogP contribution in [0.1, 0.15) is 44.9 Å². The summed E-state index contributed by atoms with van der Waals surface area (Å²) in [6, 6.07) is 0.0189. The Labute approximate surface area is 108 Å². The standard InChI is InChI=1S/C13H23N3O2/c17-13(18)16-11-12(16)9-7-5-3-1-2-4-6-8-10-14-15-16/h7,9,12,14-15H,1-6,8,10-11H2/b9-7+. The largest absolute Gasteiger partial charge is 0.497 e. The van der Waals surface area contributed by atoms with E-state index in [4.69, 9.17) is 0 Å². The molecule has 0 saturated carbocycles. The Morgan fingerprint density at radius 2 is 1.89 bits per heavy atom. The quantitative estimate of drug-likeness (QED) is 0.381. The third kappa shape index (κ3) is 3.31. The van der Waals surface area contributed by atoms with E-state index in [0.29, 0.717) is 6.54 Å². The summed E-state index contributed by atoms with van der Waals surface area (Å²) in [6.07, 6.45) is 11.5. The van der Waals surface area contributed by atoms with Crippen molar-refractivity contribution in [3.05, 3.63) is 12.2 Å². The van der Waals surface area contributed by atoms with Gasteiger partial charge < -0.3 is 9.90 Å². The maximum Gasteiger partial charge on any atom is 0.280 e. The minimum Gasteiger partial charge on any atom is -0.497 e. The summed E-state index contributed by atoms with van der Waals surface area (Å²) in [5, 5.41) is 11.2. The molecule has 0 aliphatic carbocycles. The van der Waals surface area contributed by atoms with E-state index in [2.05, 4.69) is 17.0 Å². The van der Waals surface area contributed by atoms with Gasteiger partial charge in [-0.2, -0.15) is 4.59 Å². The van der Waals surface area contributed by atoms with Gasteiger partial charge in [0, 0.05) is 6.54 Å². The highest BCUT2D eigenvalue weighted by atomic mass is 16.4. The minimum atomic E-state index is -1.05. The van der Waals surface area contributed by atoms with Gasteiger partial charge in [0.1, 0.15) is 0 Å². The highest BCUT2D eigenvalue weighted by Crippen LogP contribution is 2.28. The molecular formula is C13H23N3O2. The molecule has 5 nitrogen and oxygen atoms in total. The van der Waals surface area contributed by atoms with E-state index in [1.54, 1.807) is 0 Å². The van der Waals surface area contributed by atoms with E-state index in [0.717, 1.165) is 19.4 Å². The lowest BCUT2D eigenvalue weighted by molar-refractivity contribution is -0.813. The Morgan fingerprint density at radius 3 is 2.67 bits per heavy atom. The molecule has 2 heterocycles. The number of allylic oxidation sites excluding steroid dienone is 1. The molecule has 1 amide bonds. The van der Waals surface area contributed by atoms with Gasteiger partial charge in [-0.05, 0) is 25.3 Å². The predicted octanol–water partition coefficient (Wildman–Crippen LogP) is 0.838. The topological polar surface area (TPSA) is 64.2 Å². The van der Waals surface area contributed by atoms with Gasteiger partial charge in [-0.25, -0.2) is 5.43 Å².